The highest BCUT2D eigenvalue weighted by Gasteiger charge is 2.02. The molecule has 78 valence electrons. The Bertz CT molecular complexity index is 135. The Labute approximate surface area is 81.1 Å². The molecule has 0 aromatic rings. The molecule has 0 aromatic carbocycles. The molecule has 0 rings (SSSR count). The fourth-order valence-electron chi connectivity index (χ4n) is 0.939. The molecule has 0 aromatic heterocycles. The second kappa shape index (κ2) is 8.05. The normalized spacial score (nSPS) is 10.1. The molecule has 0 radical (unpaired) electrons. The Morgan fingerprint density at radius 3 is 2.46 bits per heavy atom. The number of hydrogen-bond acceptors (Lipinski definition) is 2. The van der Waals surface area contributed by atoms with Gasteiger partial charge in [-0.05, 0) is 6.42 Å². The first-order chi connectivity index (χ1) is 6.18. The van der Waals surface area contributed by atoms with Crippen LogP contribution in [0.15, 0.2) is 0 Å². The van der Waals surface area contributed by atoms with Gasteiger partial charge in [0, 0.05) is 20.7 Å². The lowest BCUT2D eigenvalue weighted by Gasteiger charge is -2.09. The van der Waals surface area contributed by atoms with Crippen LogP contribution in [-0.4, -0.2) is 38.1 Å². The predicted molar refractivity (Wildman–Crippen MR) is 53.7 cm³/mol. The molecule has 0 spiro atoms. The minimum absolute atomic E-state index is 0.135. The van der Waals surface area contributed by atoms with Crippen molar-refractivity contribution < 1.29 is 9.53 Å². The van der Waals surface area contributed by atoms with Crippen molar-refractivity contribution in [2.24, 2.45) is 0 Å². The largest absolute Gasteiger partial charge is 0.381 e. The summed E-state index contributed by atoms with van der Waals surface area (Å²) >= 11 is 0. The summed E-state index contributed by atoms with van der Waals surface area (Å²) in [6.07, 6.45) is 4.02. The first-order valence-corrected chi connectivity index (χ1v) is 4.96. The molecule has 0 heterocycles. The number of carbonyl (C=O) groups is 1. The molecule has 3 nitrogen and oxygen atoms in total. The fraction of sp³-hybridized carbons (Fsp3) is 0.900. The molecule has 0 unspecified atom stereocenters. The van der Waals surface area contributed by atoms with E-state index in [-0.39, 0.29) is 5.91 Å². The first-order valence-electron chi connectivity index (χ1n) is 4.96. The molecule has 0 fully saturated rings. The van der Waals surface area contributed by atoms with Crippen LogP contribution in [0.25, 0.3) is 0 Å². The monoisotopic (exact) mass is 187 g/mol. The van der Waals surface area contributed by atoms with Crippen LogP contribution >= 0.6 is 0 Å². The van der Waals surface area contributed by atoms with Gasteiger partial charge in [-0.15, -0.1) is 0 Å². The van der Waals surface area contributed by atoms with E-state index < -0.39 is 0 Å². The number of ether oxygens (including phenoxy) is 1. The van der Waals surface area contributed by atoms with Crippen molar-refractivity contribution in [3.8, 4) is 0 Å². The van der Waals surface area contributed by atoms with Crippen molar-refractivity contribution in [2.75, 3.05) is 27.3 Å². The average Bonchev–Trinajstić information content (AvgIpc) is 2.10. The third kappa shape index (κ3) is 7.78. The Kier molecular flexibility index (Phi) is 7.69. The quantitative estimate of drug-likeness (QED) is 0.567. The number of amides is 1. The summed E-state index contributed by atoms with van der Waals surface area (Å²) in [4.78, 5) is 12.7. The highest BCUT2D eigenvalue weighted by atomic mass is 16.5. The van der Waals surface area contributed by atoms with Gasteiger partial charge in [0.05, 0.1) is 13.0 Å². The van der Waals surface area contributed by atoms with Gasteiger partial charge in [0.15, 0.2) is 0 Å². The van der Waals surface area contributed by atoms with Crippen LogP contribution < -0.4 is 0 Å². The lowest BCUT2D eigenvalue weighted by Crippen LogP contribution is -2.22. The van der Waals surface area contributed by atoms with E-state index in [9.17, 15) is 4.79 Å². The Balaban J connectivity index is 3.12. The molecule has 0 aliphatic rings. The molecule has 3 heteroatoms. The molecule has 0 saturated carbocycles. The Morgan fingerprint density at radius 1 is 1.23 bits per heavy atom. The van der Waals surface area contributed by atoms with E-state index in [2.05, 4.69) is 6.92 Å². The van der Waals surface area contributed by atoms with E-state index in [0.29, 0.717) is 13.0 Å². The average molecular weight is 187 g/mol. The van der Waals surface area contributed by atoms with Crippen molar-refractivity contribution >= 4 is 5.91 Å². The van der Waals surface area contributed by atoms with Gasteiger partial charge >= 0.3 is 0 Å². The van der Waals surface area contributed by atoms with Gasteiger partial charge in [-0.25, -0.2) is 0 Å². The Hall–Kier alpha value is -0.570. The van der Waals surface area contributed by atoms with Crippen molar-refractivity contribution in [3.05, 3.63) is 0 Å². The number of unbranched alkanes of at least 4 members (excludes halogenated alkanes) is 2. The second-order valence-electron chi connectivity index (χ2n) is 3.36. The summed E-state index contributed by atoms with van der Waals surface area (Å²) in [5.74, 6) is 0.135. The van der Waals surface area contributed by atoms with Gasteiger partial charge < -0.3 is 9.64 Å². The number of hydrogen-bond donors (Lipinski definition) is 0. The van der Waals surface area contributed by atoms with Crippen molar-refractivity contribution in [1.29, 1.82) is 0 Å². The molecule has 13 heavy (non-hydrogen) atoms. The van der Waals surface area contributed by atoms with Gasteiger partial charge in [0.25, 0.3) is 0 Å². The van der Waals surface area contributed by atoms with Crippen LogP contribution in [-0.2, 0) is 9.53 Å². The standard InChI is InChI=1S/C10H21NO2/c1-4-5-6-8-13-9-7-10(12)11(2)3/h4-9H2,1-3H3. The molecule has 0 aliphatic carbocycles. The number of carbonyl (C=O) groups excluding carboxylic acids is 1. The van der Waals surface area contributed by atoms with Crippen LogP contribution in [0.2, 0.25) is 0 Å². The van der Waals surface area contributed by atoms with Crippen molar-refractivity contribution in [3.63, 3.8) is 0 Å². The summed E-state index contributed by atoms with van der Waals surface area (Å²) in [5, 5.41) is 0. The topological polar surface area (TPSA) is 29.5 Å². The lowest BCUT2D eigenvalue weighted by molar-refractivity contribution is -0.129. The van der Waals surface area contributed by atoms with Gasteiger partial charge in [-0.2, -0.15) is 0 Å². The molecule has 0 aliphatic heterocycles. The van der Waals surface area contributed by atoms with E-state index >= 15 is 0 Å². The van der Waals surface area contributed by atoms with E-state index in [0.717, 1.165) is 13.0 Å². The number of nitrogens with zero attached hydrogens (tertiary/aromatic N) is 1. The third-order valence-electron chi connectivity index (χ3n) is 1.85. The molecule has 0 bridgehead atoms. The van der Waals surface area contributed by atoms with Crippen LogP contribution in [0.3, 0.4) is 0 Å². The highest BCUT2D eigenvalue weighted by molar-refractivity contribution is 5.75. The molecule has 0 saturated heterocycles. The van der Waals surface area contributed by atoms with Gasteiger partial charge in [0.2, 0.25) is 5.91 Å². The zero-order valence-corrected chi connectivity index (χ0v) is 9.01. The smallest absolute Gasteiger partial charge is 0.224 e. The number of rotatable bonds is 7. The zero-order valence-electron chi connectivity index (χ0n) is 9.01. The van der Waals surface area contributed by atoms with E-state index in [1.54, 1.807) is 19.0 Å². The SMILES string of the molecule is CCCCCOCCC(=O)N(C)C. The maximum Gasteiger partial charge on any atom is 0.224 e. The molecule has 0 atom stereocenters. The van der Waals surface area contributed by atoms with Gasteiger partial charge in [-0.3, -0.25) is 4.79 Å². The Morgan fingerprint density at radius 2 is 1.92 bits per heavy atom. The summed E-state index contributed by atoms with van der Waals surface area (Å²) in [5.41, 5.74) is 0. The van der Waals surface area contributed by atoms with Crippen LogP contribution in [0.5, 0.6) is 0 Å². The minimum atomic E-state index is 0.135. The maximum absolute atomic E-state index is 11.1. The van der Waals surface area contributed by atoms with Gasteiger partial charge in [-0.1, -0.05) is 19.8 Å². The van der Waals surface area contributed by atoms with Crippen LogP contribution in [0.4, 0.5) is 0 Å². The molecular weight excluding hydrogens is 166 g/mol. The van der Waals surface area contributed by atoms with E-state index in [4.69, 9.17) is 4.74 Å². The summed E-state index contributed by atoms with van der Waals surface area (Å²) < 4.78 is 5.31. The second-order valence-corrected chi connectivity index (χ2v) is 3.36. The van der Waals surface area contributed by atoms with E-state index in [1.165, 1.54) is 12.8 Å². The molecular formula is C10H21NO2. The zero-order chi connectivity index (χ0) is 10.1. The fourth-order valence-corrected chi connectivity index (χ4v) is 0.939. The van der Waals surface area contributed by atoms with Crippen LogP contribution in [0.1, 0.15) is 32.6 Å². The predicted octanol–water partition coefficient (Wildman–Crippen LogP) is 1.67. The van der Waals surface area contributed by atoms with E-state index in [1.807, 2.05) is 0 Å². The van der Waals surface area contributed by atoms with Gasteiger partial charge in [0.1, 0.15) is 0 Å². The molecule has 0 N–H and O–H groups in total. The minimum Gasteiger partial charge on any atom is -0.381 e. The third-order valence-corrected chi connectivity index (χ3v) is 1.85. The van der Waals surface area contributed by atoms with Crippen molar-refractivity contribution in [1.82, 2.24) is 4.90 Å². The highest BCUT2D eigenvalue weighted by Crippen LogP contribution is 1.95. The summed E-state index contributed by atoms with van der Waals surface area (Å²) in [7, 11) is 3.53. The van der Waals surface area contributed by atoms with Crippen molar-refractivity contribution in [2.45, 2.75) is 32.6 Å². The summed E-state index contributed by atoms with van der Waals surface area (Å²) in [6, 6.07) is 0. The first kappa shape index (κ1) is 12.4. The van der Waals surface area contributed by atoms with Crippen LogP contribution in [0, 0.1) is 0 Å². The lowest BCUT2D eigenvalue weighted by atomic mass is 10.3. The summed E-state index contributed by atoms with van der Waals surface area (Å²) in [6.45, 7) is 3.50. The maximum atomic E-state index is 11.1. The molecule has 1 amide bonds.